The van der Waals surface area contributed by atoms with Crippen LogP contribution >= 0.6 is 0 Å². The van der Waals surface area contributed by atoms with E-state index >= 15 is 0 Å². The summed E-state index contributed by atoms with van der Waals surface area (Å²) in [7, 11) is 0. The third kappa shape index (κ3) is 4.53. The fourth-order valence-corrected chi connectivity index (χ4v) is 1.99. The minimum atomic E-state index is -0.249. The molecule has 0 aliphatic rings. The molecule has 1 atom stereocenters. The van der Waals surface area contributed by atoms with Gasteiger partial charge in [-0.25, -0.2) is 4.39 Å². The highest BCUT2D eigenvalue weighted by Gasteiger charge is 2.05. The predicted octanol–water partition coefficient (Wildman–Crippen LogP) is 3.39. The van der Waals surface area contributed by atoms with Crippen LogP contribution < -0.4 is 10.5 Å². The molecule has 1 unspecified atom stereocenters. The molecule has 2 N–H and O–H groups in total. The maximum atomic E-state index is 13.2. The number of rotatable bonds is 6. The average Bonchev–Trinajstić information content (AvgIpc) is 2.49. The summed E-state index contributed by atoms with van der Waals surface area (Å²) in [5, 5.41) is 0. The first-order valence-electron chi connectivity index (χ1n) is 7.17. The largest absolute Gasteiger partial charge is 0.487 e. The number of benzene rings is 1. The van der Waals surface area contributed by atoms with Crippen LogP contribution in [0.2, 0.25) is 0 Å². The van der Waals surface area contributed by atoms with Gasteiger partial charge in [0.1, 0.15) is 18.2 Å². The zero-order chi connectivity index (χ0) is 15.2. The number of ether oxygens (including phenoxy) is 1. The number of hydrogen-bond acceptors (Lipinski definition) is 3. The lowest BCUT2D eigenvalue weighted by atomic mass is 10.1. The second-order valence-corrected chi connectivity index (χ2v) is 5.22. The normalized spacial score (nSPS) is 12.2. The molecule has 0 fully saturated rings. The first kappa shape index (κ1) is 15.4. The molecule has 0 saturated heterocycles. The summed E-state index contributed by atoms with van der Waals surface area (Å²) >= 11 is 0. The second-order valence-electron chi connectivity index (χ2n) is 5.22. The zero-order valence-corrected chi connectivity index (χ0v) is 12.5. The van der Waals surface area contributed by atoms with Crippen LogP contribution in [0.25, 0.3) is 0 Å². The number of aromatic nitrogens is 1. The van der Waals surface area contributed by atoms with Gasteiger partial charge in [0.25, 0.3) is 0 Å². The Morgan fingerprint density at radius 3 is 2.76 bits per heavy atom. The lowest BCUT2D eigenvalue weighted by Crippen LogP contribution is -2.21. The summed E-state index contributed by atoms with van der Waals surface area (Å²) in [4.78, 5) is 4.34. The van der Waals surface area contributed by atoms with E-state index in [1.165, 1.54) is 12.1 Å². The first-order valence-corrected chi connectivity index (χ1v) is 7.17. The van der Waals surface area contributed by atoms with Crippen molar-refractivity contribution in [3.63, 3.8) is 0 Å². The molecule has 0 amide bonds. The van der Waals surface area contributed by atoms with Gasteiger partial charge in [0.15, 0.2) is 0 Å². The lowest BCUT2D eigenvalue weighted by molar-refractivity contribution is 0.303. The molecule has 112 valence electrons. The SMILES string of the molecule is CCC(N)Cc1ccc(OCc2cc(F)ccc2C)cn1. The molecule has 4 heteroatoms. The molecule has 0 aliphatic heterocycles. The van der Waals surface area contributed by atoms with E-state index in [1.54, 1.807) is 12.3 Å². The van der Waals surface area contributed by atoms with Gasteiger partial charge in [-0.15, -0.1) is 0 Å². The third-order valence-electron chi connectivity index (χ3n) is 3.50. The van der Waals surface area contributed by atoms with Gasteiger partial charge in [0.2, 0.25) is 0 Å². The van der Waals surface area contributed by atoms with E-state index in [9.17, 15) is 4.39 Å². The van der Waals surface area contributed by atoms with Crippen LogP contribution in [0.4, 0.5) is 4.39 Å². The van der Waals surface area contributed by atoms with Crippen LogP contribution in [0.1, 0.15) is 30.2 Å². The van der Waals surface area contributed by atoms with E-state index in [1.807, 2.05) is 19.1 Å². The average molecular weight is 288 g/mol. The van der Waals surface area contributed by atoms with E-state index in [0.29, 0.717) is 12.4 Å². The molecule has 2 aromatic rings. The Morgan fingerprint density at radius 1 is 1.29 bits per heavy atom. The van der Waals surface area contributed by atoms with Crippen LogP contribution in [-0.4, -0.2) is 11.0 Å². The molecule has 0 spiro atoms. The summed E-state index contributed by atoms with van der Waals surface area (Å²) in [5.41, 5.74) is 8.71. The maximum absolute atomic E-state index is 13.2. The Balaban J connectivity index is 1.96. The van der Waals surface area contributed by atoms with Crippen LogP contribution in [0.3, 0.4) is 0 Å². The molecule has 0 bridgehead atoms. The van der Waals surface area contributed by atoms with Crippen molar-refractivity contribution in [3.8, 4) is 5.75 Å². The highest BCUT2D eigenvalue weighted by molar-refractivity contribution is 5.27. The van der Waals surface area contributed by atoms with Crippen molar-refractivity contribution in [1.29, 1.82) is 0 Å². The Hall–Kier alpha value is -1.94. The fraction of sp³-hybridized carbons (Fsp3) is 0.353. The molecular formula is C17H21FN2O. The summed E-state index contributed by atoms with van der Waals surface area (Å²) in [5.74, 6) is 0.425. The van der Waals surface area contributed by atoms with Gasteiger partial charge in [0.05, 0.1) is 6.20 Å². The molecule has 3 nitrogen and oxygen atoms in total. The Labute approximate surface area is 125 Å². The molecule has 2 rings (SSSR count). The molecule has 21 heavy (non-hydrogen) atoms. The summed E-state index contributed by atoms with van der Waals surface area (Å²) in [6, 6.07) is 8.63. The monoisotopic (exact) mass is 288 g/mol. The topological polar surface area (TPSA) is 48.1 Å². The van der Waals surface area contributed by atoms with E-state index in [2.05, 4.69) is 11.9 Å². The van der Waals surface area contributed by atoms with Gasteiger partial charge in [0, 0.05) is 18.2 Å². The summed E-state index contributed by atoms with van der Waals surface area (Å²) in [6.45, 7) is 4.33. The van der Waals surface area contributed by atoms with Crippen LogP contribution in [0.5, 0.6) is 5.75 Å². The molecule has 1 aromatic carbocycles. The van der Waals surface area contributed by atoms with Gasteiger partial charge in [-0.3, -0.25) is 4.98 Å². The Kier molecular flexibility index (Phi) is 5.28. The number of hydrogen-bond donors (Lipinski definition) is 1. The quantitative estimate of drug-likeness (QED) is 0.886. The highest BCUT2D eigenvalue weighted by atomic mass is 19.1. The zero-order valence-electron chi connectivity index (χ0n) is 12.5. The van der Waals surface area contributed by atoms with Crippen molar-refractivity contribution in [2.75, 3.05) is 0 Å². The molecular weight excluding hydrogens is 267 g/mol. The number of nitrogens with zero attached hydrogens (tertiary/aromatic N) is 1. The van der Waals surface area contributed by atoms with Crippen molar-refractivity contribution < 1.29 is 9.13 Å². The van der Waals surface area contributed by atoms with E-state index < -0.39 is 0 Å². The number of pyridine rings is 1. The maximum Gasteiger partial charge on any atom is 0.138 e. The van der Waals surface area contributed by atoms with Crippen molar-refractivity contribution in [3.05, 3.63) is 59.2 Å². The summed E-state index contributed by atoms with van der Waals surface area (Å²) < 4.78 is 18.9. The molecule has 0 aliphatic carbocycles. The smallest absolute Gasteiger partial charge is 0.138 e. The van der Waals surface area contributed by atoms with Crippen LogP contribution in [0.15, 0.2) is 36.5 Å². The summed E-state index contributed by atoms with van der Waals surface area (Å²) in [6.07, 6.45) is 3.38. The standard InChI is InChI=1S/C17H21FN2O/c1-3-15(19)9-16-6-7-17(10-20-16)21-11-13-8-14(18)5-4-12(13)2/h4-8,10,15H,3,9,11,19H2,1-2H3. The second kappa shape index (κ2) is 7.18. The van der Waals surface area contributed by atoms with E-state index in [4.69, 9.17) is 10.5 Å². The van der Waals surface area contributed by atoms with Crippen molar-refractivity contribution in [1.82, 2.24) is 4.98 Å². The number of aryl methyl sites for hydroxylation is 1. The highest BCUT2D eigenvalue weighted by Crippen LogP contribution is 2.16. The predicted molar refractivity (Wildman–Crippen MR) is 81.7 cm³/mol. The van der Waals surface area contributed by atoms with Crippen LogP contribution in [-0.2, 0) is 13.0 Å². The van der Waals surface area contributed by atoms with E-state index in [0.717, 1.165) is 29.7 Å². The minimum absolute atomic E-state index is 0.138. The van der Waals surface area contributed by atoms with Crippen molar-refractivity contribution >= 4 is 0 Å². The minimum Gasteiger partial charge on any atom is -0.487 e. The third-order valence-corrected chi connectivity index (χ3v) is 3.50. The van der Waals surface area contributed by atoms with Gasteiger partial charge in [-0.1, -0.05) is 13.0 Å². The van der Waals surface area contributed by atoms with Gasteiger partial charge < -0.3 is 10.5 Å². The van der Waals surface area contributed by atoms with Gasteiger partial charge in [-0.05, 0) is 48.7 Å². The molecule has 0 saturated carbocycles. The Morgan fingerprint density at radius 2 is 2.10 bits per heavy atom. The van der Waals surface area contributed by atoms with Crippen molar-refractivity contribution in [2.24, 2.45) is 5.73 Å². The van der Waals surface area contributed by atoms with Crippen LogP contribution in [0, 0.1) is 12.7 Å². The lowest BCUT2D eigenvalue weighted by Gasteiger charge is -2.10. The molecule has 1 aromatic heterocycles. The fourth-order valence-electron chi connectivity index (χ4n) is 1.99. The Bertz CT molecular complexity index is 584. The van der Waals surface area contributed by atoms with Gasteiger partial charge >= 0.3 is 0 Å². The molecule has 0 radical (unpaired) electrons. The molecule has 1 heterocycles. The van der Waals surface area contributed by atoms with Crippen molar-refractivity contribution in [2.45, 2.75) is 39.3 Å². The number of halogens is 1. The van der Waals surface area contributed by atoms with Gasteiger partial charge in [-0.2, -0.15) is 0 Å². The van der Waals surface area contributed by atoms with E-state index in [-0.39, 0.29) is 11.9 Å². The number of nitrogens with two attached hydrogens (primary N) is 1. The first-order chi connectivity index (χ1) is 10.1.